The van der Waals surface area contributed by atoms with Crippen LogP contribution in [-0.2, 0) is 4.74 Å². The van der Waals surface area contributed by atoms with Crippen molar-refractivity contribution in [2.24, 2.45) is 4.99 Å². The molecule has 0 amide bonds. The number of fused-ring (bicyclic) bond motifs is 3. The van der Waals surface area contributed by atoms with Crippen molar-refractivity contribution in [3.8, 4) is 16.9 Å². The Kier molecular flexibility index (Phi) is 4.54. The number of para-hydroxylation sites is 1. The van der Waals surface area contributed by atoms with Gasteiger partial charge in [0.25, 0.3) is 0 Å². The van der Waals surface area contributed by atoms with Gasteiger partial charge in [0.1, 0.15) is 6.61 Å². The van der Waals surface area contributed by atoms with Gasteiger partial charge in [-0.25, -0.2) is 4.99 Å². The molecule has 5 aromatic rings. The Hall–Kier alpha value is -3.92. The van der Waals surface area contributed by atoms with E-state index in [2.05, 4.69) is 102 Å². The molecule has 3 heterocycles. The van der Waals surface area contributed by atoms with Crippen LogP contribution in [0.4, 0.5) is 0 Å². The van der Waals surface area contributed by atoms with Gasteiger partial charge in [0, 0.05) is 33.8 Å². The molecule has 1 aliphatic heterocycles. The second-order valence-electron chi connectivity index (χ2n) is 8.95. The minimum absolute atomic E-state index is 0.196. The predicted molar refractivity (Wildman–Crippen MR) is 135 cm³/mol. The molecule has 3 aromatic carbocycles. The van der Waals surface area contributed by atoms with Crippen molar-refractivity contribution in [2.75, 3.05) is 6.61 Å². The first-order chi connectivity index (χ1) is 16.1. The third-order valence-corrected chi connectivity index (χ3v) is 6.25. The topological polar surface area (TPSA) is 39.4 Å². The average molecular weight is 432 g/mol. The summed E-state index contributed by atoms with van der Waals surface area (Å²) in [5.74, 6) is 0.734. The molecule has 4 nitrogen and oxygen atoms in total. The smallest absolute Gasteiger partial charge is 0.216 e. The van der Waals surface area contributed by atoms with Crippen molar-refractivity contribution < 1.29 is 4.74 Å². The van der Waals surface area contributed by atoms with Crippen LogP contribution in [0.5, 0.6) is 0 Å². The maximum Gasteiger partial charge on any atom is 0.216 e. The molecule has 0 fully saturated rings. The van der Waals surface area contributed by atoms with Crippen LogP contribution in [0.1, 0.15) is 23.6 Å². The van der Waals surface area contributed by atoms with Crippen LogP contribution in [0.3, 0.4) is 0 Å². The zero-order chi connectivity index (χ0) is 22.5. The van der Waals surface area contributed by atoms with E-state index >= 15 is 0 Å². The minimum Gasteiger partial charge on any atom is -0.475 e. The Labute approximate surface area is 193 Å². The van der Waals surface area contributed by atoms with E-state index in [1.165, 1.54) is 27.4 Å². The maximum atomic E-state index is 5.87. The molecule has 6 rings (SSSR count). The molecule has 4 heteroatoms. The number of ether oxygens (including phenoxy) is 1. The van der Waals surface area contributed by atoms with E-state index in [4.69, 9.17) is 4.74 Å². The van der Waals surface area contributed by atoms with Gasteiger partial charge in [0.2, 0.25) is 5.90 Å². The van der Waals surface area contributed by atoms with Gasteiger partial charge in [-0.3, -0.25) is 4.98 Å². The zero-order valence-electron chi connectivity index (χ0n) is 19.0. The van der Waals surface area contributed by atoms with Crippen LogP contribution >= 0.6 is 0 Å². The quantitative estimate of drug-likeness (QED) is 0.322. The molecule has 0 bridgehead atoms. The van der Waals surface area contributed by atoms with E-state index in [0.29, 0.717) is 6.61 Å². The van der Waals surface area contributed by atoms with Gasteiger partial charge < -0.3 is 9.30 Å². The van der Waals surface area contributed by atoms with Crippen LogP contribution in [0.25, 0.3) is 38.8 Å². The average Bonchev–Trinajstić information content (AvgIpc) is 3.39. The highest BCUT2D eigenvalue weighted by Gasteiger charge is 2.19. The van der Waals surface area contributed by atoms with Crippen LogP contribution in [0.2, 0.25) is 0 Å². The first-order valence-corrected chi connectivity index (χ1v) is 11.4. The molecule has 0 unspecified atom stereocenters. The van der Waals surface area contributed by atoms with Crippen molar-refractivity contribution in [1.29, 1.82) is 0 Å². The number of hydrogen-bond donors (Lipinski definition) is 0. The summed E-state index contributed by atoms with van der Waals surface area (Å²) < 4.78 is 8.22. The summed E-state index contributed by atoms with van der Waals surface area (Å²) in [6.45, 7) is 6.95. The highest BCUT2D eigenvalue weighted by molar-refractivity contribution is 6.10. The van der Waals surface area contributed by atoms with Crippen molar-refractivity contribution in [2.45, 2.75) is 26.8 Å². The molecular formula is C29H25N3O. The molecule has 0 aliphatic carbocycles. The van der Waals surface area contributed by atoms with Crippen molar-refractivity contribution in [3.05, 3.63) is 95.7 Å². The number of benzene rings is 3. The normalized spacial score (nSPS) is 15.7. The van der Waals surface area contributed by atoms with Crippen molar-refractivity contribution in [1.82, 2.24) is 9.55 Å². The van der Waals surface area contributed by atoms with Gasteiger partial charge in [-0.2, -0.15) is 0 Å². The lowest BCUT2D eigenvalue weighted by molar-refractivity contribution is 0.324. The summed E-state index contributed by atoms with van der Waals surface area (Å²) in [6, 6.07) is 26.2. The molecule has 33 heavy (non-hydrogen) atoms. The van der Waals surface area contributed by atoms with Gasteiger partial charge in [0.05, 0.1) is 22.8 Å². The molecule has 0 saturated carbocycles. The Balaban J connectivity index is 1.62. The third kappa shape index (κ3) is 3.39. The second kappa shape index (κ2) is 7.59. The summed E-state index contributed by atoms with van der Waals surface area (Å²) in [4.78, 5) is 9.30. The number of aromatic nitrogens is 2. The molecule has 2 aromatic heterocycles. The van der Waals surface area contributed by atoms with Gasteiger partial charge >= 0.3 is 0 Å². The van der Waals surface area contributed by atoms with Crippen LogP contribution in [0.15, 0.2) is 84.0 Å². The Morgan fingerprint density at radius 2 is 1.67 bits per heavy atom. The zero-order valence-corrected chi connectivity index (χ0v) is 19.0. The van der Waals surface area contributed by atoms with E-state index in [-0.39, 0.29) is 6.04 Å². The molecule has 0 N–H and O–H groups in total. The molecule has 0 radical (unpaired) electrons. The second-order valence-corrected chi connectivity index (χ2v) is 8.95. The molecular weight excluding hydrogens is 406 g/mol. The summed E-state index contributed by atoms with van der Waals surface area (Å²) in [6.07, 6.45) is 1.88. The summed E-state index contributed by atoms with van der Waals surface area (Å²) in [5.41, 5.74) is 8.96. The monoisotopic (exact) mass is 431 g/mol. The number of nitrogens with zero attached hydrogens (tertiary/aromatic N) is 3. The molecule has 1 atom stereocenters. The highest BCUT2D eigenvalue weighted by atomic mass is 16.5. The van der Waals surface area contributed by atoms with E-state index in [9.17, 15) is 0 Å². The largest absolute Gasteiger partial charge is 0.475 e. The van der Waals surface area contributed by atoms with E-state index in [0.717, 1.165) is 33.9 Å². The lowest BCUT2D eigenvalue weighted by Crippen LogP contribution is -2.04. The standard InChI is InChI=1S/C29H25N3O/c1-18-10-11-30-26(14-18)21-8-9-25-24-6-4-5-7-27(24)32(28(25)16-21)23-13-19(2)12-22(15-23)29-31-20(3)17-33-29/h4-16,20H,17H2,1-3H3/t20-/m1/s1. The number of aliphatic imine (C=N–C) groups is 1. The van der Waals surface area contributed by atoms with Gasteiger partial charge in [0.15, 0.2) is 0 Å². The maximum absolute atomic E-state index is 5.87. The minimum atomic E-state index is 0.196. The number of rotatable bonds is 3. The molecule has 1 aliphatic rings. The lowest BCUT2D eigenvalue weighted by Gasteiger charge is -2.12. The predicted octanol–water partition coefficient (Wildman–Crippen LogP) is 6.63. The summed E-state index contributed by atoms with van der Waals surface area (Å²) in [7, 11) is 0. The van der Waals surface area contributed by atoms with E-state index < -0.39 is 0 Å². The summed E-state index contributed by atoms with van der Waals surface area (Å²) >= 11 is 0. The molecule has 162 valence electrons. The van der Waals surface area contributed by atoms with Crippen molar-refractivity contribution >= 4 is 27.7 Å². The fraction of sp³-hybridized carbons (Fsp3) is 0.172. The first-order valence-electron chi connectivity index (χ1n) is 11.4. The van der Waals surface area contributed by atoms with Crippen LogP contribution < -0.4 is 0 Å². The Morgan fingerprint density at radius 3 is 2.48 bits per heavy atom. The molecule has 0 saturated heterocycles. The third-order valence-electron chi connectivity index (χ3n) is 6.25. The Morgan fingerprint density at radius 1 is 0.818 bits per heavy atom. The number of hydrogen-bond acceptors (Lipinski definition) is 3. The van der Waals surface area contributed by atoms with Gasteiger partial charge in [-0.1, -0.05) is 30.3 Å². The van der Waals surface area contributed by atoms with Crippen molar-refractivity contribution in [3.63, 3.8) is 0 Å². The SMILES string of the molecule is Cc1cc(C2=N[C@H](C)CO2)cc(-n2c3ccccc3c3ccc(-c4cc(C)ccn4)cc32)c1. The summed E-state index contributed by atoms with van der Waals surface area (Å²) in [5, 5.41) is 2.47. The number of pyridine rings is 1. The van der Waals surface area contributed by atoms with Gasteiger partial charge in [-0.05, 0) is 74.4 Å². The fourth-order valence-electron chi connectivity index (χ4n) is 4.75. The van der Waals surface area contributed by atoms with E-state index in [1.54, 1.807) is 0 Å². The molecule has 0 spiro atoms. The Bertz CT molecular complexity index is 1560. The first kappa shape index (κ1) is 19.7. The van der Waals surface area contributed by atoms with Crippen LogP contribution in [-0.4, -0.2) is 28.1 Å². The number of aryl methyl sites for hydroxylation is 2. The van der Waals surface area contributed by atoms with Crippen LogP contribution in [0, 0.1) is 13.8 Å². The van der Waals surface area contributed by atoms with E-state index in [1.807, 2.05) is 12.3 Å². The highest BCUT2D eigenvalue weighted by Crippen LogP contribution is 2.35. The van der Waals surface area contributed by atoms with Gasteiger partial charge in [-0.15, -0.1) is 0 Å². The lowest BCUT2D eigenvalue weighted by atomic mass is 10.1. The fourth-order valence-corrected chi connectivity index (χ4v) is 4.75.